The molecule has 0 saturated heterocycles. The fraction of sp³-hybridized carbons (Fsp3) is 0.0833. The van der Waals surface area contributed by atoms with E-state index in [0.717, 1.165) is 0 Å². The highest BCUT2D eigenvalue weighted by Crippen LogP contribution is 2.27. The van der Waals surface area contributed by atoms with Crippen molar-refractivity contribution >= 4 is 34.7 Å². The predicted octanol–water partition coefficient (Wildman–Crippen LogP) is 5.82. The van der Waals surface area contributed by atoms with Crippen LogP contribution in [0.4, 0.5) is 8.78 Å². The third-order valence-electron chi connectivity index (χ3n) is 4.73. The molecule has 0 aliphatic carbocycles. The number of methoxy groups -OCH3 is 1. The highest BCUT2D eigenvalue weighted by molar-refractivity contribution is 6.32. The first-order valence-corrected chi connectivity index (χ1v) is 9.93. The Hall–Kier alpha value is -3.71. The lowest BCUT2D eigenvalue weighted by Crippen LogP contribution is -2.22. The number of ether oxygens (including phenoxy) is 2. The Morgan fingerprint density at radius 2 is 1.78 bits per heavy atom. The highest BCUT2D eigenvalue weighted by atomic mass is 35.5. The van der Waals surface area contributed by atoms with Crippen molar-refractivity contribution in [1.82, 2.24) is 9.55 Å². The number of nitrogens with zero attached hydrogens (tertiary/aromatic N) is 2. The fourth-order valence-electron chi connectivity index (χ4n) is 3.24. The van der Waals surface area contributed by atoms with E-state index in [0.29, 0.717) is 38.8 Å². The molecule has 0 aliphatic heterocycles. The van der Waals surface area contributed by atoms with Crippen LogP contribution in [0.3, 0.4) is 0 Å². The molecule has 0 amide bonds. The molecule has 0 unspecified atom stereocenters. The van der Waals surface area contributed by atoms with Gasteiger partial charge in [0, 0.05) is 0 Å². The van der Waals surface area contributed by atoms with Crippen LogP contribution in [0.25, 0.3) is 28.7 Å². The summed E-state index contributed by atoms with van der Waals surface area (Å²) in [6.07, 6.45) is 3.40. The molecular formula is C24H17ClF2N2O3. The van der Waals surface area contributed by atoms with Gasteiger partial charge in [0.05, 0.1) is 28.7 Å². The van der Waals surface area contributed by atoms with Gasteiger partial charge in [-0.25, -0.2) is 4.98 Å². The minimum absolute atomic E-state index is 0.0609. The smallest absolute Gasteiger partial charge is 0.387 e. The number of rotatable bonds is 6. The first-order chi connectivity index (χ1) is 15.5. The largest absolute Gasteiger partial charge is 0.495 e. The molecular weight excluding hydrogens is 438 g/mol. The summed E-state index contributed by atoms with van der Waals surface area (Å²) < 4.78 is 35.7. The Kier molecular flexibility index (Phi) is 6.18. The number of halogens is 3. The molecule has 4 aromatic rings. The van der Waals surface area contributed by atoms with Gasteiger partial charge in [-0.2, -0.15) is 8.78 Å². The maximum atomic E-state index is 13.3. The van der Waals surface area contributed by atoms with Gasteiger partial charge in [-0.15, -0.1) is 0 Å². The van der Waals surface area contributed by atoms with Crippen molar-refractivity contribution in [3.8, 4) is 17.2 Å². The van der Waals surface area contributed by atoms with Gasteiger partial charge in [0.25, 0.3) is 5.56 Å². The molecule has 3 aromatic carbocycles. The normalized spacial score (nSPS) is 11.4. The van der Waals surface area contributed by atoms with E-state index in [-0.39, 0.29) is 11.3 Å². The summed E-state index contributed by atoms with van der Waals surface area (Å²) in [7, 11) is 1.51. The molecule has 4 rings (SSSR count). The van der Waals surface area contributed by atoms with Crippen molar-refractivity contribution in [2.24, 2.45) is 0 Å². The van der Waals surface area contributed by atoms with E-state index in [2.05, 4.69) is 9.72 Å². The quantitative estimate of drug-likeness (QED) is 0.368. The Bertz CT molecular complexity index is 1350. The van der Waals surface area contributed by atoms with Crippen molar-refractivity contribution < 1.29 is 18.3 Å². The molecule has 162 valence electrons. The highest BCUT2D eigenvalue weighted by Gasteiger charge is 2.13. The van der Waals surface area contributed by atoms with E-state index in [1.54, 1.807) is 66.7 Å². The van der Waals surface area contributed by atoms with Gasteiger partial charge >= 0.3 is 6.61 Å². The third-order valence-corrected chi connectivity index (χ3v) is 5.02. The number of para-hydroxylation sites is 1. The molecule has 0 fully saturated rings. The standard InChI is InChI=1S/C24H17ClF2N2O3/c1-31-21-12-9-16(14-19(21)25)29-22(28-20-5-3-2-4-18(20)23(29)30)13-8-15-6-10-17(11-7-15)32-24(26)27/h2-14,24H,1H3/b13-8+. The summed E-state index contributed by atoms with van der Waals surface area (Å²) in [5.41, 5.74) is 1.54. The molecule has 0 spiro atoms. The molecule has 0 bridgehead atoms. The van der Waals surface area contributed by atoms with Crippen LogP contribution in [0.1, 0.15) is 11.4 Å². The number of alkyl halides is 2. The minimum Gasteiger partial charge on any atom is -0.495 e. The second kappa shape index (κ2) is 9.20. The number of hydrogen-bond acceptors (Lipinski definition) is 4. The molecule has 8 heteroatoms. The summed E-state index contributed by atoms with van der Waals surface area (Å²) >= 11 is 6.28. The maximum Gasteiger partial charge on any atom is 0.387 e. The second-order valence-corrected chi connectivity index (χ2v) is 7.13. The lowest BCUT2D eigenvalue weighted by atomic mass is 10.2. The first-order valence-electron chi connectivity index (χ1n) is 9.55. The van der Waals surface area contributed by atoms with Gasteiger partial charge in [-0.05, 0) is 54.1 Å². The van der Waals surface area contributed by atoms with Crippen molar-refractivity contribution in [2.45, 2.75) is 6.61 Å². The third kappa shape index (κ3) is 4.48. The van der Waals surface area contributed by atoms with Crippen LogP contribution in [-0.4, -0.2) is 23.3 Å². The SMILES string of the molecule is COc1ccc(-n2c(/C=C/c3ccc(OC(F)F)cc3)nc3ccccc3c2=O)cc1Cl. The van der Waals surface area contributed by atoms with E-state index in [1.165, 1.54) is 23.8 Å². The monoisotopic (exact) mass is 454 g/mol. The molecule has 5 nitrogen and oxygen atoms in total. The van der Waals surface area contributed by atoms with Gasteiger partial charge < -0.3 is 9.47 Å². The van der Waals surface area contributed by atoms with E-state index in [1.807, 2.05) is 0 Å². The summed E-state index contributed by atoms with van der Waals surface area (Å²) in [6, 6.07) is 18.2. The van der Waals surface area contributed by atoms with E-state index < -0.39 is 6.61 Å². The maximum absolute atomic E-state index is 13.3. The van der Waals surface area contributed by atoms with Crippen LogP contribution in [0.5, 0.6) is 11.5 Å². The Labute approximate surface area is 187 Å². The zero-order valence-electron chi connectivity index (χ0n) is 16.8. The minimum atomic E-state index is -2.89. The molecule has 32 heavy (non-hydrogen) atoms. The Morgan fingerprint density at radius 1 is 1.03 bits per heavy atom. The van der Waals surface area contributed by atoms with Crippen LogP contribution >= 0.6 is 11.6 Å². The summed E-state index contributed by atoms with van der Waals surface area (Å²) in [5.74, 6) is 0.925. The van der Waals surface area contributed by atoms with Crippen molar-refractivity contribution in [3.05, 3.63) is 93.5 Å². The first kappa shape index (κ1) is 21.5. The number of fused-ring (bicyclic) bond motifs is 1. The molecule has 0 aliphatic rings. The number of benzene rings is 3. The lowest BCUT2D eigenvalue weighted by Gasteiger charge is -2.13. The average Bonchev–Trinajstić information content (AvgIpc) is 2.78. The zero-order valence-corrected chi connectivity index (χ0v) is 17.6. The van der Waals surface area contributed by atoms with Crippen LogP contribution in [0.15, 0.2) is 71.5 Å². The van der Waals surface area contributed by atoms with Gasteiger partial charge in [-0.1, -0.05) is 41.9 Å². The van der Waals surface area contributed by atoms with Gasteiger partial charge in [-0.3, -0.25) is 9.36 Å². The van der Waals surface area contributed by atoms with Gasteiger partial charge in [0.15, 0.2) is 0 Å². The summed E-state index contributed by atoms with van der Waals surface area (Å²) in [4.78, 5) is 17.9. The van der Waals surface area contributed by atoms with Crippen molar-refractivity contribution in [1.29, 1.82) is 0 Å². The second-order valence-electron chi connectivity index (χ2n) is 6.73. The van der Waals surface area contributed by atoms with Crippen LogP contribution < -0.4 is 15.0 Å². The molecule has 1 aromatic heterocycles. The number of aromatic nitrogens is 2. The van der Waals surface area contributed by atoms with E-state index >= 15 is 0 Å². The number of hydrogen-bond donors (Lipinski definition) is 0. The zero-order chi connectivity index (χ0) is 22.7. The van der Waals surface area contributed by atoms with Gasteiger partial charge in [0.2, 0.25) is 0 Å². The molecule has 1 heterocycles. The Morgan fingerprint density at radius 3 is 2.47 bits per heavy atom. The molecule has 0 atom stereocenters. The topological polar surface area (TPSA) is 53.4 Å². The summed E-state index contributed by atoms with van der Waals surface area (Å²) in [6.45, 7) is -2.89. The van der Waals surface area contributed by atoms with Crippen molar-refractivity contribution in [3.63, 3.8) is 0 Å². The molecule has 0 saturated carbocycles. The molecule has 0 radical (unpaired) electrons. The van der Waals surface area contributed by atoms with Crippen LogP contribution in [0, 0.1) is 0 Å². The average molecular weight is 455 g/mol. The summed E-state index contributed by atoms with van der Waals surface area (Å²) in [5, 5.41) is 0.819. The van der Waals surface area contributed by atoms with E-state index in [4.69, 9.17) is 16.3 Å². The predicted molar refractivity (Wildman–Crippen MR) is 121 cm³/mol. The Balaban J connectivity index is 1.81. The van der Waals surface area contributed by atoms with Crippen LogP contribution in [0.2, 0.25) is 5.02 Å². The van der Waals surface area contributed by atoms with Crippen molar-refractivity contribution in [2.75, 3.05) is 7.11 Å². The van der Waals surface area contributed by atoms with Gasteiger partial charge in [0.1, 0.15) is 17.3 Å². The van der Waals surface area contributed by atoms with E-state index in [9.17, 15) is 13.6 Å². The fourth-order valence-corrected chi connectivity index (χ4v) is 3.49. The lowest BCUT2D eigenvalue weighted by molar-refractivity contribution is -0.0498. The molecule has 0 N–H and O–H groups in total. The van der Waals surface area contributed by atoms with Crippen LogP contribution in [-0.2, 0) is 0 Å².